The molecule has 0 radical (unpaired) electrons. The maximum absolute atomic E-state index is 14.4. The first-order chi connectivity index (χ1) is 18.6. The highest BCUT2D eigenvalue weighted by molar-refractivity contribution is 5.99. The number of ether oxygens (including phenoxy) is 2. The molecular formula is C32H47N3O5. The van der Waals surface area contributed by atoms with Crippen LogP contribution in [-0.4, -0.2) is 47.6 Å². The van der Waals surface area contributed by atoms with Gasteiger partial charge in [-0.05, 0) is 90.1 Å². The van der Waals surface area contributed by atoms with Crippen molar-refractivity contribution in [2.75, 3.05) is 12.4 Å². The molecule has 2 aromatic carbocycles. The minimum atomic E-state index is -0.932. The Bertz CT molecular complexity index is 1130. The van der Waals surface area contributed by atoms with Crippen molar-refractivity contribution >= 4 is 23.6 Å². The normalized spacial score (nSPS) is 13.7. The van der Waals surface area contributed by atoms with Gasteiger partial charge in [-0.15, -0.1) is 0 Å². The van der Waals surface area contributed by atoms with Gasteiger partial charge in [0.25, 0.3) is 5.91 Å². The zero-order valence-electron chi connectivity index (χ0n) is 25.8. The van der Waals surface area contributed by atoms with Crippen LogP contribution in [0.1, 0.15) is 84.0 Å². The number of aryl methyl sites for hydroxylation is 2. The Labute approximate surface area is 239 Å². The van der Waals surface area contributed by atoms with Gasteiger partial charge < -0.3 is 25.0 Å². The highest BCUT2D eigenvalue weighted by Gasteiger charge is 2.39. The van der Waals surface area contributed by atoms with Crippen molar-refractivity contribution in [3.8, 4) is 5.75 Å². The lowest BCUT2D eigenvalue weighted by Crippen LogP contribution is -2.55. The zero-order chi connectivity index (χ0) is 30.2. The van der Waals surface area contributed by atoms with Gasteiger partial charge in [-0.1, -0.05) is 50.1 Å². The summed E-state index contributed by atoms with van der Waals surface area (Å²) < 4.78 is 10.7. The molecule has 8 nitrogen and oxygen atoms in total. The number of methoxy groups -OCH3 is 1. The number of hydrogen-bond donors (Lipinski definition) is 2. The van der Waals surface area contributed by atoms with Crippen molar-refractivity contribution in [1.29, 1.82) is 0 Å². The van der Waals surface area contributed by atoms with Crippen LogP contribution in [0.2, 0.25) is 0 Å². The molecule has 0 fully saturated rings. The lowest BCUT2D eigenvalue weighted by Gasteiger charge is -2.38. The van der Waals surface area contributed by atoms with Crippen LogP contribution in [-0.2, 0) is 14.3 Å². The standard InChI is InChI=1S/C32H47N3O5/c1-11-23(6)35(30(37)27(16-20(2)3)34-31(38)40-32(7,8)9)28(24-18-21(4)17-22(5)19-24)29(36)33-25-12-14-26(39-10)15-13-25/h12-15,17-20,23,27-28H,11,16H2,1-10H3,(H,33,36)(H,34,38). The summed E-state index contributed by atoms with van der Waals surface area (Å²) in [6, 6.07) is 10.9. The van der Waals surface area contributed by atoms with E-state index >= 15 is 0 Å². The topological polar surface area (TPSA) is 97.0 Å². The lowest BCUT2D eigenvalue weighted by molar-refractivity contribution is -0.143. The third kappa shape index (κ3) is 9.57. The molecule has 220 valence electrons. The van der Waals surface area contributed by atoms with E-state index in [9.17, 15) is 14.4 Å². The summed E-state index contributed by atoms with van der Waals surface area (Å²) in [5.74, 6) is 0.104. The number of alkyl carbamates (subject to hydrolysis) is 1. The van der Waals surface area contributed by atoms with E-state index in [1.165, 1.54) is 0 Å². The summed E-state index contributed by atoms with van der Waals surface area (Å²) in [6.07, 6.45) is 0.343. The quantitative estimate of drug-likeness (QED) is 0.329. The summed E-state index contributed by atoms with van der Waals surface area (Å²) in [4.78, 5) is 42.8. The number of anilines is 1. The summed E-state index contributed by atoms with van der Waals surface area (Å²) >= 11 is 0. The SMILES string of the molecule is CCC(C)N(C(=O)C(CC(C)C)NC(=O)OC(C)(C)C)C(C(=O)Nc1ccc(OC)cc1)c1cc(C)cc(C)c1. The van der Waals surface area contributed by atoms with Crippen LogP contribution in [0.25, 0.3) is 0 Å². The monoisotopic (exact) mass is 553 g/mol. The highest BCUT2D eigenvalue weighted by Crippen LogP contribution is 2.30. The fourth-order valence-electron chi connectivity index (χ4n) is 4.61. The van der Waals surface area contributed by atoms with E-state index in [1.807, 2.05) is 59.7 Å². The molecule has 3 atom stereocenters. The fraction of sp³-hybridized carbons (Fsp3) is 0.531. The summed E-state index contributed by atoms with van der Waals surface area (Å²) in [5, 5.41) is 5.79. The van der Waals surface area contributed by atoms with Gasteiger partial charge in [-0.3, -0.25) is 9.59 Å². The number of hydrogen-bond acceptors (Lipinski definition) is 5. The molecule has 8 heteroatoms. The molecule has 40 heavy (non-hydrogen) atoms. The number of carbonyl (C=O) groups excluding carboxylic acids is 3. The van der Waals surface area contributed by atoms with Gasteiger partial charge in [-0.2, -0.15) is 0 Å². The Balaban J connectivity index is 2.60. The van der Waals surface area contributed by atoms with Gasteiger partial charge in [0, 0.05) is 11.7 Å². The molecule has 0 aliphatic rings. The summed E-state index contributed by atoms with van der Waals surface area (Å²) in [7, 11) is 1.58. The van der Waals surface area contributed by atoms with Crippen molar-refractivity contribution in [2.24, 2.45) is 5.92 Å². The maximum Gasteiger partial charge on any atom is 0.408 e. The number of rotatable bonds is 11. The van der Waals surface area contributed by atoms with Crippen LogP contribution in [0.3, 0.4) is 0 Å². The van der Waals surface area contributed by atoms with Gasteiger partial charge in [0.05, 0.1) is 7.11 Å². The summed E-state index contributed by atoms with van der Waals surface area (Å²) in [6.45, 7) is 17.1. The first-order valence-corrected chi connectivity index (χ1v) is 14.0. The molecule has 0 heterocycles. The molecule has 3 unspecified atom stereocenters. The summed E-state index contributed by atoms with van der Waals surface area (Å²) in [5.41, 5.74) is 2.55. The van der Waals surface area contributed by atoms with Gasteiger partial charge in [0.2, 0.25) is 5.91 Å². The Morgan fingerprint density at radius 1 is 0.950 bits per heavy atom. The molecule has 3 amide bonds. The van der Waals surface area contributed by atoms with Crippen molar-refractivity contribution < 1.29 is 23.9 Å². The molecule has 0 bridgehead atoms. The van der Waals surface area contributed by atoms with Gasteiger partial charge in [0.1, 0.15) is 23.4 Å². The van der Waals surface area contributed by atoms with Crippen LogP contribution in [0.5, 0.6) is 5.75 Å². The molecule has 0 aromatic heterocycles. The van der Waals surface area contributed by atoms with Crippen LogP contribution < -0.4 is 15.4 Å². The van der Waals surface area contributed by atoms with E-state index in [0.717, 1.165) is 11.1 Å². The Kier molecular flexibility index (Phi) is 11.6. The number of carbonyl (C=O) groups is 3. The van der Waals surface area contributed by atoms with Crippen LogP contribution in [0.15, 0.2) is 42.5 Å². The second-order valence-electron chi connectivity index (χ2n) is 11.9. The van der Waals surface area contributed by atoms with Crippen LogP contribution >= 0.6 is 0 Å². The number of nitrogens with one attached hydrogen (secondary N) is 2. The van der Waals surface area contributed by atoms with Crippen molar-refractivity contribution in [3.63, 3.8) is 0 Å². The molecular weight excluding hydrogens is 506 g/mol. The average molecular weight is 554 g/mol. The molecule has 2 rings (SSSR count). The van der Waals surface area contributed by atoms with Gasteiger partial charge >= 0.3 is 6.09 Å². The molecule has 0 aliphatic heterocycles. The second kappa shape index (κ2) is 14.2. The van der Waals surface area contributed by atoms with Gasteiger partial charge in [0.15, 0.2) is 0 Å². The second-order valence-corrected chi connectivity index (χ2v) is 11.9. The van der Waals surface area contributed by atoms with E-state index in [1.54, 1.807) is 57.0 Å². The minimum absolute atomic E-state index is 0.107. The van der Waals surface area contributed by atoms with Crippen molar-refractivity contribution in [1.82, 2.24) is 10.2 Å². The van der Waals surface area contributed by atoms with E-state index < -0.39 is 23.8 Å². The molecule has 0 saturated heterocycles. The maximum atomic E-state index is 14.4. The van der Waals surface area contributed by atoms with E-state index in [2.05, 4.69) is 10.6 Å². The molecule has 0 aliphatic carbocycles. The smallest absolute Gasteiger partial charge is 0.408 e. The van der Waals surface area contributed by atoms with Gasteiger partial charge in [-0.25, -0.2) is 4.79 Å². The van der Waals surface area contributed by atoms with Crippen LogP contribution in [0, 0.1) is 19.8 Å². The van der Waals surface area contributed by atoms with Crippen molar-refractivity contribution in [2.45, 2.75) is 98.9 Å². The van der Waals surface area contributed by atoms with Crippen LogP contribution in [0.4, 0.5) is 10.5 Å². The predicted octanol–water partition coefficient (Wildman–Crippen LogP) is 6.56. The average Bonchev–Trinajstić information content (AvgIpc) is 2.84. The third-order valence-electron chi connectivity index (χ3n) is 6.46. The molecule has 2 aromatic rings. The lowest BCUT2D eigenvalue weighted by atomic mass is 9.95. The predicted molar refractivity (Wildman–Crippen MR) is 159 cm³/mol. The van der Waals surface area contributed by atoms with E-state index in [0.29, 0.717) is 29.8 Å². The Morgan fingerprint density at radius 2 is 1.52 bits per heavy atom. The van der Waals surface area contributed by atoms with E-state index in [-0.39, 0.29) is 23.8 Å². The molecule has 0 spiro atoms. The Hall–Kier alpha value is -3.55. The molecule has 0 saturated carbocycles. The minimum Gasteiger partial charge on any atom is -0.497 e. The van der Waals surface area contributed by atoms with E-state index in [4.69, 9.17) is 9.47 Å². The third-order valence-corrected chi connectivity index (χ3v) is 6.46. The fourth-order valence-corrected chi connectivity index (χ4v) is 4.61. The van der Waals surface area contributed by atoms with Crippen molar-refractivity contribution in [3.05, 3.63) is 59.2 Å². The first kappa shape index (κ1) is 32.7. The zero-order valence-corrected chi connectivity index (χ0v) is 25.8. The largest absolute Gasteiger partial charge is 0.497 e. The number of amides is 3. The molecule has 2 N–H and O–H groups in total. The highest BCUT2D eigenvalue weighted by atomic mass is 16.6. The number of benzene rings is 2. The Morgan fingerprint density at radius 3 is 2.00 bits per heavy atom. The first-order valence-electron chi connectivity index (χ1n) is 14.0. The number of nitrogens with zero attached hydrogens (tertiary/aromatic N) is 1.